The summed E-state index contributed by atoms with van der Waals surface area (Å²) in [4.78, 5) is 17.2. The molecule has 0 saturated heterocycles. The molecule has 0 atom stereocenters. The number of nitrogens with zero attached hydrogens (tertiary/aromatic N) is 2. The van der Waals surface area contributed by atoms with Crippen LogP contribution in [-0.4, -0.2) is 49.6 Å². The van der Waals surface area contributed by atoms with Crippen LogP contribution >= 0.6 is 0 Å². The highest BCUT2D eigenvalue weighted by atomic mass is 16.2. The smallest absolute Gasteiger partial charge is 0.316 e. The Morgan fingerprint density at radius 3 is 2.37 bits per heavy atom. The van der Waals surface area contributed by atoms with Gasteiger partial charge >= 0.3 is 6.03 Å². The van der Waals surface area contributed by atoms with Gasteiger partial charge in [0.15, 0.2) is 0 Å². The van der Waals surface area contributed by atoms with Gasteiger partial charge < -0.3 is 20.9 Å². The molecule has 1 aromatic heterocycles. The highest BCUT2D eigenvalue weighted by molar-refractivity contribution is 5.73. The van der Waals surface area contributed by atoms with Gasteiger partial charge in [0.1, 0.15) is 11.6 Å². The van der Waals surface area contributed by atoms with Crippen molar-refractivity contribution >= 4 is 17.7 Å². The summed E-state index contributed by atoms with van der Waals surface area (Å²) in [6, 6.07) is 5.71. The van der Waals surface area contributed by atoms with E-state index in [0.29, 0.717) is 13.1 Å². The largest absolute Gasteiger partial charge is 0.370 e. The number of amides is 2. The lowest BCUT2D eigenvalue weighted by Gasteiger charge is -2.12. The normalized spacial score (nSPS) is 9.84. The lowest BCUT2D eigenvalue weighted by molar-refractivity contribution is 0.218. The van der Waals surface area contributed by atoms with E-state index in [1.807, 2.05) is 18.2 Å². The van der Waals surface area contributed by atoms with E-state index in [0.717, 1.165) is 24.6 Å². The van der Waals surface area contributed by atoms with E-state index in [9.17, 15) is 4.79 Å². The number of urea groups is 1. The van der Waals surface area contributed by atoms with Gasteiger partial charge in [0.2, 0.25) is 0 Å². The molecule has 6 nitrogen and oxygen atoms in total. The number of hydrogen-bond donors (Lipinski definition) is 3. The zero-order valence-corrected chi connectivity index (χ0v) is 11.9. The molecule has 0 aromatic carbocycles. The molecule has 19 heavy (non-hydrogen) atoms. The summed E-state index contributed by atoms with van der Waals surface area (Å²) in [5.41, 5.74) is 0. The third kappa shape index (κ3) is 5.94. The van der Waals surface area contributed by atoms with Gasteiger partial charge in [0, 0.05) is 33.7 Å². The molecule has 3 N–H and O–H groups in total. The maximum absolute atomic E-state index is 11.3. The van der Waals surface area contributed by atoms with Crippen LogP contribution in [0.5, 0.6) is 0 Å². The van der Waals surface area contributed by atoms with Crippen molar-refractivity contribution in [3.8, 4) is 0 Å². The van der Waals surface area contributed by atoms with Gasteiger partial charge in [0.05, 0.1) is 0 Å². The summed E-state index contributed by atoms with van der Waals surface area (Å²) in [6.07, 6.45) is 1.07. The second-order valence-electron chi connectivity index (χ2n) is 4.39. The molecule has 0 fully saturated rings. The SMILES string of the molecule is CCCNc1cccc(NCCNC(=O)N(C)C)n1. The number of carbonyl (C=O) groups excluding carboxylic acids is 1. The highest BCUT2D eigenvalue weighted by Gasteiger charge is 2.01. The molecule has 2 amide bonds. The fourth-order valence-electron chi connectivity index (χ4n) is 1.40. The molecule has 0 bridgehead atoms. The molecule has 0 aliphatic heterocycles. The van der Waals surface area contributed by atoms with Crippen molar-refractivity contribution in [2.75, 3.05) is 44.4 Å². The van der Waals surface area contributed by atoms with E-state index in [4.69, 9.17) is 0 Å². The van der Waals surface area contributed by atoms with Crippen molar-refractivity contribution in [3.63, 3.8) is 0 Å². The Morgan fingerprint density at radius 1 is 1.16 bits per heavy atom. The summed E-state index contributed by atoms with van der Waals surface area (Å²) < 4.78 is 0. The number of pyridine rings is 1. The fourth-order valence-corrected chi connectivity index (χ4v) is 1.40. The molecule has 0 saturated carbocycles. The van der Waals surface area contributed by atoms with Crippen LogP contribution in [0.2, 0.25) is 0 Å². The maximum atomic E-state index is 11.3. The van der Waals surface area contributed by atoms with Crippen molar-refractivity contribution in [3.05, 3.63) is 18.2 Å². The molecule has 0 aliphatic rings. The van der Waals surface area contributed by atoms with Gasteiger partial charge in [-0.05, 0) is 18.6 Å². The third-order valence-electron chi connectivity index (χ3n) is 2.42. The van der Waals surface area contributed by atoms with E-state index in [2.05, 4.69) is 27.9 Å². The molecule has 0 unspecified atom stereocenters. The molecule has 106 valence electrons. The summed E-state index contributed by atoms with van der Waals surface area (Å²) in [5, 5.41) is 9.18. The van der Waals surface area contributed by atoms with E-state index < -0.39 is 0 Å². The van der Waals surface area contributed by atoms with Crippen molar-refractivity contribution in [1.29, 1.82) is 0 Å². The molecular weight excluding hydrogens is 242 g/mol. The fraction of sp³-hybridized carbons (Fsp3) is 0.538. The number of nitrogens with one attached hydrogen (secondary N) is 3. The lowest BCUT2D eigenvalue weighted by atomic mass is 10.4. The van der Waals surface area contributed by atoms with Crippen LogP contribution in [0.15, 0.2) is 18.2 Å². The molecule has 0 radical (unpaired) electrons. The van der Waals surface area contributed by atoms with E-state index in [1.165, 1.54) is 4.90 Å². The zero-order valence-electron chi connectivity index (χ0n) is 11.9. The first-order valence-corrected chi connectivity index (χ1v) is 6.53. The van der Waals surface area contributed by atoms with Gasteiger partial charge in [-0.25, -0.2) is 9.78 Å². The van der Waals surface area contributed by atoms with Crippen LogP contribution in [0.1, 0.15) is 13.3 Å². The second-order valence-corrected chi connectivity index (χ2v) is 4.39. The summed E-state index contributed by atoms with van der Waals surface area (Å²) in [6.45, 7) is 4.23. The highest BCUT2D eigenvalue weighted by Crippen LogP contribution is 2.08. The monoisotopic (exact) mass is 265 g/mol. The van der Waals surface area contributed by atoms with Gasteiger partial charge in [-0.15, -0.1) is 0 Å². The molecule has 1 heterocycles. The minimum absolute atomic E-state index is 0.0897. The van der Waals surface area contributed by atoms with Crippen molar-refractivity contribution in [1.82, 2.24) is 15.2 Å². The number of rotatable bonds is 7. The minimum Gasteiger partial charge on any atom is -0.370 e. The minimum atomic E-state index is -0.0897. The van der Waals surface area contributed by atoms with Crippen LogP contribution in [0, 0.1) is 0 Å². The summed E-state index contributed by atoms with van der Waals surface area (Å²) in [7, 11) is 3.43. The Kier molecular flexibility index (Phi) is 6.49. The van der Waals surface area contributed by atoms with E-state index >= 15 is 0 Å². The number of carbonyl (C=O) groups is 1. The molecular formula is C13H23N5O. The predicted molar refractivity (Wildman–Crippen MR) is 78.6 cm³/mol. The van der Waals surface area contributed by atoms with Crippen LogP contribution in [0.4, 0.5) is 16.4 Å². The Hall–Kier alpha value is -1.98. The average molecular weight is 265 g/mol. The molecule has 0 aliphatic carbocycles. The van der Waals surface area contributed by atoms with Crippen LogP contribution in [-0.2, 0) is 0 Å². The molecule has 1 aromatic rings. The first-order valence-electron chi connectivity index (χ1n) is 6.53. The Bertz CT molecular complexity index is 394. The first kappa shape index (κ1) is 15.1. The van der Waals surface area contributed by atoms with Gasteiger partial charge in [-0.2, -0.15) is 0 Å². The zero-order chi connectivity index (χ0) is 14.1. The van der Waals surface area contributed by atoms with Crippen LogP contribution in [0.3, 0.4) is 0 Å². The van der Waals surface area contributed by atoms with Gasteiger partial charge in [-0.1, -0.05) is 13.0 Å². The van der Waals surface area contributed by atoms with Crippen molar-refractivity contribution in [2.24, 2.45) is 0 Å². The standard InChI is InChI=1S/C13H23N5O/c1-4-8-14-11-6-5-7-12(17-11)15-9-10-16-13(19)18(2)3/h5-7H,4,8-10H2,1-3H3,(H,16,19)(H2,14,15,17). The van der Waals surface area contributed by atoms with E-state index in [1.54, 1.807) is 14.1 Å². The van der Waals surface area contributed by atoms with Crippen LogP contribution in [0.25, 0.3) is 0 Å². The van der Waals surface area contributed by atoms with Crippen LogP contribution < -0.4 is 16.0 Å². The van der Waals surface area contributed by atoms with Gasteiger partial charge in [0.25, 0.3) is 0 Å². The number of aromatic nitrogens is 1. The molecule has 0 spiro atoms. The topological polar surface area (TPSA) is 69.3 Å². The van der Waals surface area contributed by atoms with Gasteiger partial charge in [-0.3, -0.25) is 0 Å². The summed E-state index contributed by atoms with van der Waals surface area (Å²) >= 11 is 0. The van der Waals surface area contributed by atoms with Crippen molar-refractivity contribution < 1.29 is 4.79 Å². The third-order valence-corrected chi connectivity index (χ3v) is 2.42. The molecule has 6 heteroatoms. The first-order chi connectivity index (χ1) is 9.13. The number of anilines is 2. The quantitative estimate of drug-likeness (QED) is 0.655. The van der Waals surface area contributed by atoms with E-state index in [-0.39, 0.29) is 6.03 Å². The summed E-state index contributed by atoms with van der Waals surface area (Å²) in [5.74, 6) is 1.67. The Morgan fingerprint density at radius 2 is 1.79 bits per heavy atom. The maximum Gasteiger partial charge on any atom is 0.316 e. The molecule has 1 rings (SSSR count). The Labute approximate surface area is 114 Å². The Balaban J connectivity index is 2.31. The number of hydrogen-bond acceptors (Lipinski definition) is 4. The van der Waals surface area contributed by atoms with Crippen molar-refractivity contribution in [2.45, 2.75) is 13.3 Å². The average Bonchev–Trinajstić information content (AvgIpc) is 2.41. The lowest BCUT2D eigenvalue weighted by Crippen LogP contribution is -2.37. The predicted octanol–water partition coefficient (Wildman–Crippen LogP) is 1.59. The second kappa shape index (κ2) is 8.18.